The smallest absolute Gasteiger partial charge is 0.379 e. The average Bonchev–Trinajstić information content (AvgIpc) is 2.56. The van der Waals surface area contributed by atoms with Crippen LogP contribution in [0.3, 0.4) is 0 Å². The first-order valence-electron chi connectivity index (χ1n) is 7.99. The zero-order chi connectivity index (χ0) is 19.2. The number of carbonyl (C=O) groups is 2. The number of halogens is 4. The molecule has 6 nitrogen and oxygen atoms in total. The minimum atomic E-state index is -4.63. The zero-order valence-electron chi connectivity index (χ0n) is 13.9. The Bertz CT molecular complexity index is 649. The fourth-order valence-corrected chi connectivity index (χ4v) is 2.64. The first kappa shape index (κ1) is 20.5. The second-order valence-electron chi connectivity index (χ2n) is 5.72. The van der Waals surface area contributed by atoms with Crippen molar-refractivity contribution in [2.45, 2.75) is 12.6 Å². The summed E-state index contributed by atoms with van der Waals surface area (Å²) in [4.78, 5) is 25.7. The molecule has 0 bridgehead atoms. The van der Waals surface area contributed by atoms with Gasteiger partial charge in [0, 0.05) is 31.9 Å². The number of rotatable bonds is 6. The van der Waals surface area contributed by atoms with Gasteiger partial charge in [-0.1, -0.05) is 11.6 Å². The highest BCUT2D eigenvalue weighted by Crippen LogP contribution is 2.36. The van der Waals surface area contributed by atoms with E-state index < -0.39 is 35.0 Å². The van der Waals surface area contributed by atoms with Crippen LogP contribution in [0.2, 0.25) is 5.02 Å². The second kappa shape index (κ2) is 9.20. The van der Waals surface area contributed by atoms with Crippen molar-refractivity contribution in [1.82, 2.24) is 10.2 Å². The highest BCUT2D eigenvalue weighted by atomic mass is 35.5. The van der Waals surface area contributed by atoms with Crippen LogP contribution in [0.4, 0.5) is 18.9 Å². The number of ether oxygens (including phenoxy) is 1. The molecule has 1 aliphatic heterocycles. The van der Waals surface area contributed by atoms with Crippen molar-refractivity contribution in [2.24, 2.45) is 0 Å². The van der Waals surface area contributed by atoms with Gasteiger partial charge in [-0.2, -0.15) is 13.2 Å². The van der Waals surface area contributed by atoms with Gasteiger partial charge in [0.25, 0.3) is 0 Å². The van der Waals surface area contributed by atoms with E-state index in [1.54, 1.807) is 0 Å². The van der Waals surface area contributed by atoms with Crippen LogP contribution in [0.15, 0.2) is 18.2 Å². The number of benzene rings is 1. The van der Waals surface area contributed by atoms with E-state index in [1.807, 2.05) is 0 Å². The van der Waals surface area contributed by atoms with Crippen molar-refractivity contribution in [2.75, 3.05) is 44.7 Å². The molecular formula is C16H19ClF3N3O3. The van der Waals surface area contributed by atoms with Crippen molar-refractivity contribution in [3.05, 3.63) is 28.8 Å². The summed E-state index contributed by atoms with van der Waals surface area (Å²) < 4.78 is 43.6. The van der Waals surface area contributed by atoms with Crippen LogP contribution in [-0.4, -0.2) is 56.1 Å². The lowest BCUT2D eigenvalue weighted by atomic mass is 10.2. The Morgan fingerprint density at radius 1 is 1.19 bits per heavy atom. The third-order valence-electron chi connectivity index (χ3n) is 3.73. The molecule has 1 aliphatic rings. The van der Waals surface area contributed by atoms with Gasteiger partial charge < -0.3 is 15.4 Å². The summed E-state index contributed by atoms with van der Waals surface area (Å²) in [6.07, 6.45) is -5.11. The average molecular weight is 394 g/mol. The molecule has 1 heterocycles. The summed E-state index contributed by atoms with van der Waals surface area (Å²) in [6, 6.07) is 3.02. The molecule has 10 heteroatoms. The first-order valence-corrected chi connectivity index (χ1v) is 8.37. The molecule has 144 valence electrons. The molecule has 26 heavy (non-hydrogen) atoms. The van der Waals surface area contributed by atoms with Gasteiger partial charge in [0.1, 0.15) is 6.42 Å². The molecule has 0 aromatic heterocycles. The van der Waals surface area contributed by atoms with E-state index in [-0.39, 0.29) is 5.69 Å². The summed E-state index contributed by atoms with van der Waals surface area (Å²) in [7, 11) is 0. The Hall–Kier alpha value is -1.84. The lowest BCUT2D eigenvalue weighted by Gasteiger charge is -2.26. The Morgan fingerprint density at radius 2 is 1.88 bits per heavy atom. The minimum absolute atomic E-state index is 0.0761. The summed E-state index contributed by atoms with van der Waals surface area (Å²) in [6.45, 7) is 3.89. The molecule has 0 radical (unpaired) electrons. The maximum atomic E-state index is 12.8. The third-order valence-corrected chi connectivity index (χ3v) is 4.06. The normalized spacial score (nSPS) is 15.5. The first-order chi connectivity index (χ1) is 12.3. The molecule has 0 saturated carbocycles. The topological polar surface area (TPSA) is 70.7 Å². The number of nitrogens with zero attached hydrogens (tertiary/aromatic N) is 1. The molecule has 1 aromatic carbocycles. The lowest BCUT2D eigenvalue weighted by molar-refractivity contribution is -0.137. The maximum absolute atomic E-state index is 12.8. The molecule has 0 spiro atoms. The van der Waals surface area contributed by atoms with Crippen molar-refractivity contribution in [1.29, 1.82) is 0 Å². The highest BCUT2D eigenvalue weighted by molar-refractivity contribution is 6.31. The number of nitrogens with one attached hydrogen (secondary N) is 2. The quantitative estimate of drug-likeness (QED) is 0.726. The van der Waals surface area contributed by atoms with Crippen LogP contribution in [0.5, 0.6) is 0 Å². The Kier molecular flexibility index (Phi) is 7.24. The predicted molar refractivity (Wildman–Crippen MR) is 90.0 cm³/mol. The minimum Gasteiger partial charge on any atom is -0.379 e. The fraction of sp³-hybridized carbons (Fsp3) is 0.500. The number of hydrogen-bond acceptors (Lipinski definition) is 4. The van der Waals surface area contributed by atoms with Crippen molar-refractivity contribution < 1.29 is 27.5 Å². The molecule has 1 fully saturated rings. The molecule has 0 unspecified atom stereocenters. The van der Waals surface area contributed by atoms with E-state index in [0.29, 0.717) is 26.3 Å². The molecule has 1 saturated heterocycles. The van der Waals surface area contributed by atoms with Crippen LogP contribution in [0.1, 0.15) is 12.0 Å². The number of anilines is 1. The molecule has 2 amide bonds. The second-order valence-corrected chi connectivity index (χ2v) is 6.13. The van der Waals surface area contributed by atoms with E-state index >= 15 is 0 Å². The number of alkyl halides is 3. The van der Waals surface area contributed by atoms with E-state index in [2.05, 4.69) is 15.5 Å². The van der Waals surface area contributed by atoms with Crippen molar-refractivity contribution >= 4 is 29.1 Å². The number of morpholine rings is 1. The van der Waals surface area contributed by atoms with Crippen LogP contribution in [-0.2, 0) is 20.5 Å². The standard InChI is InChI=1S/C16H19ClF3N3O3/c17-13-2-1-11(9-12(13)16(18,19)20)22-15(25)10-14(24)21-3-4-23-5-7-26-8-6-23/h1-2,9H,3-8,10H2,(H,21,24)(H,22,25). The maximum Gasteiger partial charge on any atom is 0.417 e. The van der Waals surface area contributed by atoms with E-state index in [0.717, 1.165) is 25.2 Å². The van der Waals surface area contributed by atoms with Gasteiger partial charge >= 0.3 is 6.18 Å². The Morgan fingerprint density at radius 3 is 2.54 bits per heavy atom. The van der Waals surface area contributed by atoms with Gasteiger partial charge in [0.2, 0.25) is 11.8 Å². The lowest BCUT2D eigenvalue weighted by Crippen LogP contribution is -2.41. The molecule has 2 rings (SSSR count). The van der Waals surface area contributed by atoms with E-state index in [9.17, 15) is 22.8 Å². The monoisotopic (exact) mass is 393 g/mol. The predicted octanol–water partition coefficient (Wildman–Crippen LogP) is 2.14. The van der Waals surface area contributed by atoms with Crippen molar-refractivity contribution in [3.63, 3.8) is 0 Å². The Labute approximate surface area is 153 Å². The van der Waals surface area contributed by atoms with Crippen LogP contribution in [0.25, 0.3) is 0 Å². The summed E-state index contributed by atoms with van der Waals surface area (Å²) in [5, 5.41) is 4.41. The van der Waals surface area contributed by atoms with Gasteiger partial charge in [0.05, 0.1) is 23.8 Å². The molecular weight excluding hydrogens is 375 g/mol. The summed E-state index contributed by atoms with van der Waals surface area (Å²) in [5.74, 6) is -1.20. The van der Waals surface area contributed by atoms with E-state index in [1.165, 1.54) is 6.07 Å². The number of carbonyl (C=O) groups excluding carboxylic acids is 2. The number of amides is 2. The van der Waals surface area contributed by atoms with Crippen LogP contribution >= 0.6 is 11.6 Å². The zero-order valence-corrected chi connectivity index (χ0v) is 14.6. The fourth-order valence-electron chi connectivity index (χ4n) is 2.41. The Balaban J connectivity index is 1.78. The van der Waals surface area contributed by atoms with Gasteiger partial charge in [-0.25, -0.2) is 0 Å². The van der Waals surface area contributed by atoms with Crippen LogP contribution in [0, 0.1) is 0 Å². The van der Waals surface area contributed by atoms with E-state index in [4.69, 9.17) is 16.3 Å². The summed E-state index contributed by atoms with van der Waals surface area (Å²) in [5.41, 5.74) is -1.13. The third kappa shape index (κ3) is 6.47. The highest BCUT2D eigenvalue weighted by Gasteiger charge is 2.33. The van der Waals surface area contributed by atoms with Gasteiger partial charge in [0.15, 0.2) is 0 Å². The van der Waals surface area contributed by atoms with Gasteiger partial charge in [-0.3, -0.25) is 14.5 Å². The molecule has 1 aromatic rings. The summed E-state index contributed by atoms with van der Waals surface area (Å²) >= 11 is 5.51. The molecule has 0 aliphatic carbocycles. The number of hydrogen-bond donors (Lipinski definition) is 2. The molecule has 0 atom stereocenters. The largest absolute Gasteiger partial charge is 0.417 e. The molecule has 2 N–H and O–H groups in total. The van der Waals surface area contributed by atoms with Crippen molar-refractivity contribution in [3.8, 4) is 0 Å². The van der Waals surface area contributed by atoms with Gasteiger partial charge in [-0.15, -0.1) is 0 Å². The van der Waals surface area contributed by atoms with Gasteiger partial charge in [-0.05, 0) is 18.2 Å². The van der Waals surface area contributed by atoms with Crippen LogP contribution < -0.4 is 10.6 Å². The SMILES string of the molecule is O=C(CC(=O)Nc1ccc(Cl)c(C(F)(F)F)c1)NCCN1CCOCC1.